The average Bonchev–Trinajstić information content (AvgIpc) is 3.26. The highest BCUT2D eigenvalue weighted by Gasteiger charge is 2.38. The van der Waals surface area contributed by atoms with Gasteiger partial charge in [0.25, 0.3) is 0 Å². The molecule has 1 aliphatic heterocycles. The summed E-state index contributed by atoms with van der Waals surface area (Å²) >= 11 is 8.01. The topological polar surface area (TPSA) is 59.8 Å². The number of nitrogens with zero attached hydrogens (tertiary/aromatic N) is 3. The number of hydrogen-bond donors (Lipinski definition) is 1. The number of carbonyl (C=O) groups excluding carboxylic acids is 1. The van der Waals surface area contributed by atoms with Crippen LogP contribution in [-0.2, 0) is 4.79 Å². The number of Topliss-reactive ketones (excluding diaryl/α,β-unsaturated/α-hetero) is 1. The Kier molecular flexibility index (Phi) is 3.91. The van der Waals surface area contributed by atoms with Crippen molar-refractivity contribution < 1.29 is 4.79 Å². The Hall–Kier alpha value is -2.44. The van der Waals surface area contributed by atoms with Crippen LogP contribution < -0.4 is 5.32 Å². The first kappa shape index (κ1) is 16.7. The van der Waals surface area contributed by atoms with Crippen LogP contribution in [0.25, 0.3) is 11.4 Å². The van der Waals surface area contributed by atoms with E-state index in [2.05, 4.69) is 23.7 Å². The van der Waals surface area contributed by atoms with E-state index in [1.54, 1.807) is 11.3 Å². The van der Waals surface area contributed by atoms with Gasteiger partial charge in [0.05, 0.1) is 5.02 Å². The van der Waals surface area contributed by atoms with Crippen molar-refractivity contribution in [3.8, 4) is 11.4 Å². The van der Waals surface area contributed by atoms with Gasteiger partial charge in [-0.2, -0.15) is 4.98 Å². The standard InChI is InChI=1S/C20H17ClN4OS/c1-11-9-10-27-18(11)17-16-14(7-4-8-15(16)26)22-20-23-19(24-25(17)20)12-5-2-3-6-13(12)21/h2-3,5-6,9-10,17H,4,7-8H2,1H3,(H,22,23,24). The SMILES string of the molecule is Cc1ccsc1C1C2=C(CCCC2=O)Nc2nc(-c3ccccc3Cl)nn21. The first-order valence-electron chi connectivity index (χ1n) is 8.92. The largest absolute Gasteiger partial charge is 0.328 e. The van der Waals surface area contributed by atoms with E-state index in [9.17, 15) is 4.79 Å². The first-order valence-corrected chi connectivity index (χ1v) is 10.2. The molecule has 0 bridgehead atoms. The highest BCUT2D eigenvalue weighted by atomic mass is 35.5. The molecule has 0 saturated carbocycles. The molecule has 7 heteroatoms. The van der Waals surface area contributed by atoms with E-state index in [1.807, 2.05) is 28.9 Å². The maximum atomic E-state index is 12.8. The smallest absolute Gasteiger partial charge is 0.226 e. The summed E-state index contributed by atoms with van der Waals surface area (Å²) in [4.78, 5) is 18.6. The lowest BCUT2D eigenvalue weighted by atomic mass is 9.87. The van der Waals surface area contributed by atoms with E-state index in [1.165, 1.54) is 0 Å². The summed E-state index contributed by atoms with van der Waals surface area (Å²) in [7, 11) is 0. The van der Waals surface area contributed by atoms with E-state index in [-0.39, 0.29) is 11.8 Å². The third-order valence-corrected chi connectivity index (χ3v) is 6.53. The number of rotatable bonds is 2. The number of aryl methyl sites for hydroxylation is 1. The Balaban J connectivity index is 1.71. The molecule has 5 rings (SSSR count). The van der Waals surface area contributed by atoms with E-state index >= 15 is 0 Å². The fourth-order valence-electron chi connectivity index (χ4n) is 3.82. The van der Waals surface area contributed by atoms with Crippen molar-refractivity contribution in [3.63, 3.8) is 0 Å². The molecule has 0 radical (unpaired) electrons. The molecule has 0 fully saturated rings. The van der Waals surface area contributed by atoms with Gasteiger partial charge in [0.2, 0.25) is 5.95 Å². The first-order chi connectivity index (χ1) is 13.1. The minimum absolute atomic E-state index is 0.196. The van der Waals surface area contributed by atoms with Crippen molar-refractivity contribution in [2.24, 2.45) is 0 Å². The Morgan fingerprint density at radius 1 is 1.26 bits per heavy atom. The molecule has 0 amide bonds. The van der Waals surface area contributed by atoms with Crippen molar-refractivity contribution in [1.29, 1.82) is 0 Å². The average molecular weight is 397 g/mol. The number of halogens is 1. The van der Waals surface area contributed by atoms with Gasteiger partial charge in [0, 0.05) is 28.1 Å². The molecule has 27 heavy (non-hydrogen) atoms. The molecule has 3 heterocycles. The summed E-state index contributed by atoms with van der Waals surface area (Å²) in [6, 6.07) is 9.40. The maximum Gasteiger partial charge on any atom is 0.226 e. The van der Waals surface area contributed by atoms with E-state index in [4.69, 9.17) is 21.7 Å². The highest BCUT2D eigenvalue weighted by Crippen LogP contribution is 2.43. The lowest BCUT2D eigenvalue weighted by Gasteiger charge is -2.31. The molecule has 136 valence electrons. The molecule has 1 aliphatic carbocycles. The molecular formula is C20H17ClN4OS. The number of aromatic nitrogens is 3. The Morgan fingerprint density at radius 3 is 2.89 bits per heavy atom. The van der Waals surface area contributed by atoms with Gasteiger partial charge in [-0.15, -0.1) is 16.4 Å². The number of anilines is 1. The van der Waals surface area contributed by atoms with Crippen LogP contribution in [0.1, 0.15) is 35.7 Å². The van der Waals surface area contributed by atoms with Gasteiger partial charge in [0.15, 0.2) is 11.6 Å². The number of benzene rings is 1. The van der Waals surface area contributed by atoms with Crippen molar-refractivity contribution in [2.45, 2.75) is 32.2 Å². The summed E-state index contributed by atoms with van der Waals surface area (Å²) in [5, 5.41) is 10.8. The van der Waals surface area contributed by atoms with Gasteiger partial charge in [-0.3, -0.25) is 4.79 Å². The third-order valence-electron chi connectivity index (χ3n) is 5.13. The number of fused-ring (bicyclic) bond motifs is 1. The summed E-state index contributed by atoms with van der Waals surface area (Å²) in [6.45, 7) is 2.08. The minimum atomic E-state index is -0.229. The Bertz CT molecular complexity index is 1100. The number of thiophene rings is 1. The molecule has 0 spiro atoms. The zero-order valence-corrected chi connectivity index (χ0v) is 16.3. The molecule has 1 aromatic carbocycles. The van der Waals surface area contributed by atoms with Crippen molar-refractivity contribution in [1.82, 2.24) is 14.8 Å². The summed E-state index contributed by atoms with van der Waals surface area (Å²) < 4.78 is 1.85. The molecule has 2 aromatic heterocycles. The van der Waals surface area contributed by atoms with Crippen LogP contribution in [0.2, 0.25) is 5.02 Å². The molecular weight excluding hydrogens is 380 g/mol. The van der Waals surface area contributed by atoms with Gasteiger partial charge in [-0.05, 0) is 48.9 Å². The number of hydrogen-bond acceptors (Lipinski definition) is 5. The number of carbonyl (C=O) groups is 1. The van der Waals surface area contributed by atoms with Crippen LogP contribution in [-0.4, -0.2) is 20.5 Å². The monoisotopic (exact) mass is 396 g/mol. The van der Waals surface area contributed by atoms with Crippen molar-refractivity contribution >= 4 is 34.7 Å². The normalized spacial score (nSPS) is 18.9. The van der Waals surface area contributed by atoms with E-state index in [0.29, 0.717) is 23.2 Å². The lowest BCUT2D eigenvalue weighted by Crippen LogP contribution is -2.31. The fraction of sp³-hybridized carbons (Fsp3) is 0.250. The van der Waals surface area contributed by atoms with Gasteiger partial charge >= 0.3 is 0 Å². The summed E-state index contributed by atoms with van der Waals surface area (Å²) in [5.41, 5.74) is 3.76. The molecule has 5 nitrogen and oxygen atoms in total. The van der Waals surface area contributed by atoms with Gasteiger partial charge < -0.3 is 5.32 Å². The van der Waals surface area contributed by atoms with Gasteiger partial charge in [0.1, 0.15) is 6.04 Å². The highest BCUT2D eigenvalue weighted by molar-refractivity contribution is 7.10. The van der Waals surface area contributed by atoms with Crippen LogP contribution in [0.15, 0.2) is 47.0 Å². The number of ketones is 1. The van der Waals surface area contributed by atoms with Crippen LogP contribution in [0.4, 0.5) is 5.95 Å². The predicted octanol–water partition coefficient (Wildman–Crippen LogP) is 4.99. The minimum Gasteiger partial charge on any atom is -0.328 e. The van der Waals surface area contributed by atoms with Crippen LogP contribution in [0.3, 0.4) is 0 Å². The zero-order chi connectivity index (χ0) is 18.5. The van der Waals surface area contributed by atoms with Crippen LogP contribution in [0.5, 0.6) is 0 Å². The third kappa shape index (κ3) is 2.63. The lowest BCUT2D eigenvalue weighted by molar-refractivity contribution is -0.116. The van der Waals surface area contributed by atoms with Crippen molar-refractivity contribution in [2.75, 3.05) is 5.32 Å². The predicted molar refractivity (Wildman–Crippen MR) is 107 cm³/mol. The number of allylic oxidation sites excluding steroid dienone is 2. The Labute approximate surface area is 165 Å². The second-order valence-corrected chi connectivity index (χ2v) is 8.20. The second kappa shape index (κ2) is 6.32. The molecule has 1 N–H and O–H groups in total. The summed E-state index contributed by atoms with van der Waals surface area (Å²) in [5.74, 6) is 1.42. The van der Waals surface area contributed by atoms with Crippen molar-refractivity contribution in [3.05, 3.63) is 62.4 Å². The molecule has 1 unspecified atom stereocenters. The quantitative estimate of drug-likeness (QED) is 0.662. The molecule has 3 aromatic rings. The van der Waals surface area contributed by atoms with Gasteiger partial charge in [-0.1, -0.05) is 23.7 Å². The zero-order valence-electron chi connectivity index (χ0n) is 14.7. The molecule has 0 saturated heterocycles. The molecule has 1 atom stereocenters. The van der Waals surface area contributed by atoms with Gasteiger partial charge in [-0.25, -0.2) is 4.68 Å². The fourth-order valence-corrected chi connectivity index (χ4v) is 5.06. The summed E-state index contributed by atoms with van der Waals surface area (Å²) in [6.07, 6.45) is 2.31. The van der Waals surface area contributed by atoms with E-state index < -0.39 is 0 Å². The maximum absolute atomic E-state index is 12.8. The second-order valence-electron chi connectivity index (χ2n) is 6.85. The van der Waals surface area contributed by atoms with E-state index in [0.717, 1.165) is 40.1 Å². The van der Waals surface area contributed by atoms with Crippen LogP contribution in [0, 0.1) is 6.92 Å². The number of nitrogens with one attached hydrogen (secondary N) is 1. The Morgan fingerprint density at radius 2 is 2.11 bits per heavy atom. The molecule has 2 aliphatic rings. The van der Waals surface area contributed by atoms with Crippen LogP contribution >= 0.6 is 22.9 Å².